The quantitative estimate of drug-likeness (QED) is 0.637. The van der Waals surface area contributed by atoms with Crippen LogP contribution in [0, 0.1) is 13.8 Å². The fourth-order valence-electron chi connectivity index (χ4n) is 4.25. The molecule has 0 saturated carbocycles. The number of carbonyl (C=O) groups is 2. The van der Waals surface area contributed by atoms with Gasteiger partial charge in [-0.15, -0.1) is 9.78 Å². The van der Waals surface area contributed by atoms with Crippen molar-refractivity contribution in [3.05, 3.63) is 17.5 Å². The summed E-state index contributed by atoms with van der Waals surface area (Å²) in [5.41, 5.74) is 1.83. The Morgan fingerprint density at radius 1 is 1.20 bits per heavy atom. The van der Waals surface area contributed by atoms with E-state index in [1.54, 1.807) is 11.7 Å². The number of imide groups is 1. The number of hydrogen-bond donors (Lipinski definition) is 0. The number of morpholine rings is 1. The second-order valence-electron chi connectivity index (χ2n) is 7.99. The maximum Gasteiger partial charge on any atom is 0.421 e. The standard InChI is InChI=1S/C20H30N7O3/c1-5-6-25-16-17(21-19(25)27-15(3)13-14(2)22-27)23(4)20(29)26(18(16)28)8-7-24-9-11-30-12-10-24/h13,16H,5-12H2,1-4H3/q+1. The van der Waals surface area contributed by atoms with Gasteiger partial charge in [0.2, 0.25) is 11.9 Å². The number of urea groups is 1. The van der Waals surface area contributed by atoms with E-state index < -0.39 is 6.04 Å². The maximum absolute atomic E-state index is 13.5. The normalized spacial score (nSPS) is 22.8. The molecule has 0 N–H and O–H groups in total. The summed E-state index contributed by atoms with van der Waals surface area (Å²) in [6.07, 6.45) is 0.848. The topological polar surface area (TPSA) is 86.3 Å². The van der Waals surface area contributed by atoms with Crippen LogP contribution in [0.25, 0.3) is 0 Å². The van der Waals surface area contributed by atoms with Crippen LogP contribution in [0.4, 0.5) is 4.79 Å². The van der Waals surface area contributed by atoms with Gasteiger partial charge in [-0.05, 0) is 26.3 Å². The van der Waals surface area contributed by atoms with Gasteiger partial charge in [-0.2, -0.15) is 0 Å². The molecule has 0 bridgehead atoms. The van der Waals surface area contributed by atoms with E-state index in [9.17, 15) is 9.59 Å². The highest BCUT2D eigenvalue weighted by Gasteiger charge is 2.52. The van der Waals surface area contributed by atoms with Crippen LogP contribution in [0.1, 0.15) is 24.7 Å². The Balaban J connectivity index is 1.64. The maximum atomic E-state index is 13.5. The number of likely N-dealkylation sites (N-methyl/N-ethyl adjacent to an activating group) is 1. The average Bonchev–Trinajstić information content (AvgIpc) is 3.27. The first kappa shape index (κ1) is 20.7. The number of hydrogen-bond acceptors (Lipinski definition) is 6. The third-order valence-electron chi connectivity index (χ3n) is 5.80. The van der Waals surface area contributed by atoms with Gasteiger partial charge in [0, 0.05) is 33.2 Å². The van der Waals surface area contributed by atoms with Crippen molar-refractivity contribution in [2.24, 2.45) is 4.99 Å². The van der Waals surface area contributed by atoms with Crippen LogP contribution in [0.5, 0.6) is 0 Å². The first-order valence-corrected chi connectivity index (χ1v) is 10.6. The van der Waals surface area contributed by atoms with Crippen LogP contribution >= 0.6 is 0 Å². The fourth-order valence-corrected chi connectivity index (χ4v) is 4.25. The van der Waals surface area contributed by atoms with Gasteiger partial charge in [0.15, 0.2) is 0 Å². The summed E-state index contributed by atoms with van der Waals surface area (Å²) in [5, 5.41) is 4.55. The second kappa shape index (κ2) is 8.27. The lowest BCUT2D eigenvalue weighted by atomic mass is 10.1. The molecule has 3 aliphatic heterocycles. The summed E-state index contributed by atoms with van der Waals surface area (Å²) in [5.74, 6) is 0.865. The van der Waals surface area contributed by atoms with Crippen molar-refractivity contribution < 1.29 is 18.9 Å². The van der Waals surface area contributed by atoms with E-state index in [-0.39, 0.29) is 11.9 Å². The minimum absolute atomic E-state index is 0.213. The molecule has 10 nitrogen and oxygen atoms in total. The largest absolute Gasteiger partial charge is 0.421 e. The fraction of sp³-hybridized carbons (Fsp3) is 0.650. The molecule has 30 heavy (non-hydrogen) atoms. The van der Waals surface area contributed by atoms with Crippen molar-refractivity contribution in [1.29, 1.82) is 0 Å². The number of ether oxygens (including phenoxy) is 1. The first-order chi connectivity index (χ1) is 14.4. The van der Waals surface area contributed by atoms with Gasteiger partial charge in [0.25, 0.3) is 5.91 Å². The van der Waals surface area contributed by atoms with Crippen molar-refractivity contribution in [1.82, 2.24) is 24.5 Å². The number of amides is 3. The van der Waals surface area contributed by atoms with E-state index in [0.717, 1.165) is 30.9 Å². The molecule has 3 aliphatic rings. The van der Waals surface area contributed by atoms with Crippen molar-refractivity contribution in [2.45, 2.75) is 33.2 Å². The zero-order valence-corrected chi connectivity index (χ0v) is 18.2. The summed E-state index contributed by atoms with van der Waals surface area (Å²) in [6.45, 7) is 10.6. The molecule has 1 aromatic rings. The predicted molar refractivity (Wildman–Crippen MR) is 111 cm³/mol. The molecular formula is C20H30N7O3+. The minimum atomic E-state index is -0.601. The van der Waals surface area contributed by atoms with Gasteiger partial charge in [-0.3, -0.25) is 19.5 Å². The van der Waals surface area contributed by atoms with Crippen LogP contribution in [0.3, 0.4) is 0 Å². The van der Waals surface area contributed by atoms with Gasteiger partial charge < -0.3 is 4.74 Å². The molecular weight excluding hydrogens is 386 g/mol. The van der Waals surface area contributed by atoms with E-state index in [1.807, 2.05) is 24.5 Å². The molecule has 162 valence electrons. The van der Waals surface area contributed by atoms with Gasteiger partial charge >= 0.3 is 12.0 Å². The Bertz CT molecular complexity index is 914. The van der Waals surface area contributed by atoms with Gasteiger partial charge in [-0.1, -0.05) is 11.9 Å². The Morgan fingerprint density at radius 2 is 1.93 bits per heavy atom. The molecule has 0 aromatic carbocycles. The zero-order valence-electron chi connectivity index (χ0n) is 18.2. The lowest BCUT2D eigenvalue weighted by molar-refractivity contribution is -0.537. The molecule has 10 heteroatoms. The lowest BCUT2D eigenvalue weighted by Crippen LogP contribution is -2.63. The van der Waals surface area contributed by atoms with Gasteiger partial charge in [0.05, 0.1) is 25.5 Å². The average molecular weight is 417 g/mol. The number of rotatable bonds is 5. The summed E-state index contributed by atoms with van der Waals surface area (Å²) >= 11 is 0. The zero-order chi connectivity index (χ0) is 21.4. The number of amidine groups is 1. The molecule has 1 unspecified atom stereocenters. The molecule has 0 radical (unpaired) electrons. The van der Waals surface area contributed by atoms with Crippen LogP contribution in [0.15, 0.2) is 11.1 Å². The van der Waals surface area contributed by atoms with Crippen LogP contribution < -0.4 is 0 Å². The van der Waals surface area contributed by atoms with E-state index in [1.165, 1.54) is 9.80 Å². The highest BCUT2D eigenvalue weighted by atomic mass is 16.5. The monoisotopic (exact) mass is 416 g/mol. The van der Waals surface area contributed by atoms with E-state index >= 15 is 0 Å². The smallest absolute Gasteiger partial charge is 0.379 e. The summed E-state index contributed by atoms with van der Waals surface area (Å²) < 4.78 is 9.12. The Kier molecular flexibility index (Phi) is 5.70. The number of fused-ring (bicyclic) bond motifs is 1. The number of aliphatic imine (C=N–C) groups is 1. The van der Waals surface area contributed by atoms with E-state index in [4.69, 9.17) is 9.73 Å². The molecule has 4 rings (SSSR count). The molecule has 4 heterocycles. The predicted octanol–water partition coefficient (Wildman–Crippen LogP) is 0.133. The second-order valence-corrected chi connectivity index (χ2v) is 7.99. The molecule has 2 saturated heterocycles. The number of aryl methyl sites for hydroxylation is 2. The third kappa shape index (κ3) is 3.54. The molecule has 0 spiro atoms. The molecule has 1 atom stereocenters. The van der Waals surface area contributed by atoms with Crippen LogP contribution in [-0.4, -0.2) is 112 Å². The molecule has 2 fully saturated rings. The molecule has 0 aliphatic carbocycles. The Labute approximate surface area is 176 Å². The van der Waals surface area contributed by atoms with E-state index in [2.05, 4.69) is 16.9 Å². The van der Waals surface area contributed by atoms with Gasteiger partial charge in [-0.25, -0.2) is 9.37 Å². The highest BCUT2D eigenvalue weighted by molar-refractivity contribution is 6.23. The van der Waals surface area contributed by atoms with Crippen LogP contribution in [-0.2, 0) is 9.53 Å². The summed E-state index contributed by atoms with van der Waals surface area (Å²) in [6, 6.07) is 1.05. The van der Waals surface area contributed by atoms with Crippen molar-refractivity contribution >= 4 is 23.7 Å². The number of carbonyl (C=O) groups excluding carboxylic acids is 2. The molecule has 1 aromatic heterocycles. The van der Waals surface area contributed by atoms with E-state index in [0.29, 0.717) is 44.6 Å². The van der Waals surface area contributed by atoms with Crippen molar-refractivity contribution in [3.63, 3.8) is 0 Å². The summed E-state index contributed by atoms with van der Waals surface area (Å²) in [4.78, 5) is 36.3. The Hall–Kier alpha value is -2.59. The summed E-state index contributed by atoms with van der Waals surface area (Å²) in [7, 11) is 1.69. The van der Waals surface area contributed by atoms with Crippen molar-refractivity contribution in [3.8, 4) is 0 Å². The van der Waals surface area contributed by atoms with Crippen molar-refractivity contribution in [2.75, 3.05) is 53.0 Å². The minimum Gasteiger partial charge on any atom is -0.379 e. The Morgan fingerprint density at radius 3 is 2.57 bits per heavy atom. The van der Waals surface area contributed by atoms with Gasteiger partial charge in [0.1, 0.15) is 5.69 Å². The number of nitrogens with zero attached hydrogens (tertiary/aromatic N) is 7. The van der Waals surface area contributed by atoms with Crippen LogP contribution in [0.2, 0.25) is 0 Å². The molecule has 3 amide bonds. The SMILES string of the molecule is CCC[N+]1=C(n2nc(C)cc2C)N=C2C1C(=O)N(CCN1CCOCC1)C(=O)N2C. The first-order valence-electron chi connectivity index (χ1n) is 10.6. The lowest BCUT2D eigenvalue weighted by Gasteiger charge is -2.35. The number of aromatic nitrogens is 2. The highest BCUT2D eigenvalue weighted by Crippen LogP contribution is 2.21. The third-order valence-corrected chi connectivity index (χ3v) is 5.80.